The van der Waals surface area contributed by atoms with E-state index >= 15 is 0 Å². The summed E-state index contributed by atoms with van der Waals surface area (Å²) in [6.07, 6.45) is 7.11. The first-order chi connectivity index (χ1) is 12.6. The fraction of sp³-hybridized carbons (Fsp3) is 0.400. The number of thioether (sulfide) groups is 1. The number of furan rings is 1. The molecule has 0 aliphatic heterocycles. The summed E-state index contributed by atoms with van der Waals surface area (Å²) in [7, 11) is 1.88. The van der Waals surface area contributed by atoms with Crippen LogP contribution in [0.4, 0.5) is 0 Å². The number of nitrogens with zero attached hydrogens (tertiary/aromatic N) is 1. The van der Waals surface area contributed by atoms with Gasteiger partial charge in [0, 0.05) is 18.0 Å². The molecular weight excluding hydrogens is 350 g/mol. The van der Waals surface area contributed by atoms with Crippen LogP contribution in [-0.4, -0.2) is 35.0 Å². The molecule has 1 heterocycles. The molecule has 0 saturated heterocycles. The summed E-state index contributed by atoms with van der Waals surface area (Å²) in [5, 5.41) is 9.18. The Kier molecular flexibility index (Phi) is 6.04. The highest BCUT2D eigenvalue weighted by atomic mass is 32.2. The van der Waals surface area contributed by atoms with Gasteiger partial charge in [0.25, 0.3) is 5.91 Å². The van der Waals surface area contributed by atoms with Crippen LogP contribution >= 0.6 is 11.8 Å². The molecule has 1 saturated carbocycles. The van der Waals surface area contributed by atoms with Gasteiger partial charge in [-0.05, 0) is 31.0 Å². The van der Waals surface area contributed by atoms with Crippen molar-refractivity contribution in [3.63, 3.8) is 0 Å². The Hall–Kier alpha value is -2.21. The first-order valence-electron chi connectivity index (χ1n) is 8.86. The number of benzene rings is 1. The number of carbonyl (C=O) groups excluding carboxylic acids is 1. The van der Waals surface area contributed by atoms with Gasteiger partial charge in [-0.1, -0.05) is 31.4 Å². The molecule has 0 bridgehead atoms. The number of carbonyl (C=O) groups is 2. The molecule has 1 aliphatic carbocycles. The smallest absolute Gasteiger partial charge is 0.339 e. The van der Waals surface area contributed by atoms with E-state index in [9.17, 15) is 14.7 Å². The Balaban J connectivity index is 1.74. The lowest BCUT2D eigenvalue weighted by atomic mass is 9.94. The van der Waals surface area contributed by atoms with Crippen LogP contribution in [0.1, 0.15) is 58.6 Å². The molecule has 3 rings (SSSR count). The number of carboxylic acid groups (broad SMARTS) is 1. The molecule has 1 fully saturated rings. The van der Waals surface area contributed by atoms with Gasteiger partial charge < -0.3 is 14.4 Å². The van der Waals surface area contributed by atoms with E-state index in [-0.39, 0.29) is 11.5 Å². The van der Waals surface area contributed by atoms with Crippen molar-refractivity contribution < 1.29 is 19.1 Å². The van der Waals surface area contributed by atoms with Crippen LogP contribution in [0, 0.1) is 0 Å². The number of hydrogen-bond donors (Lipinski definition) is 1. The zero-order chi connectivity index (χ0) is 18.5. The lowest BCUT2D eigenvalue weighted by Gasteiger charge is -2.31. The molecule has 0 atom stereocenters. The molecule has 6 heteroatoms. The normalized spacial score (nSPS) is 15.0. The van der Waals surface area contributed by atoms with Gasteiger partial charge in [-0.15, -0.1) is 11.8 Å². The summed E-state index contributed by atoms with van der Waals surface area (Å²) in [6, 6.07) is 9.24. The van der Waals surface area contributed by atoms with Crippen molar-refractivity contribution in [2.45, 2.75) is 48.8 Å². The minimum Gasteiger partial charge on any atom is -0.478 e. The number of amides is 1. The largest absolute Gasteiger partial charge is 0.478 e. The van der Waals surface area contributed by atoms with Crippen LogP contribution in [-0.2, 0) is 5.75 Å². The molecule has 1 aromatic heterocycles. The zero-order valence-corrected chi connectivity index (χ0v) is 15.6. The van der Waals surface area contributed by atoms with Gasteiger partial charge in [-0.25, -0.2) is 4.79 Å². The fourth-order valence-electron chi connectivity index (χ4n) is 3.38. The molecule has 1 aliphatic rings. The molecular formula is C20H23NO4S. The standard InChI is InChI=1S/C20H23NO4S/c1-21(14-7-3-2-4-8-14)19(22)16-9-5-6-10-18(16)26-13-17-15(20(23)24)11-12-25-17/h5-6,9-12,14H,2-4,7-8,13H2,1H3,(H,23,24). The molecule has 0 radical (unpaired) electrons. The van der Waals surface area contributed by atoms with Crippen molar-refractivity contribution >= 4 is 23.6 Å². The van der Waals surface area contributed by atoms with Crippen LogP contribution < -0.4 is 0 Å². The van der Waals surface area contributed by atoms with Crippen LogP contribution in [0.15, 0.2) is 45.9 Å². The Morgan fingerprint density at radius 2 is 1.88 bits per heavy atom. The van der Waals surface area contributed by atoms with Gasteiger partial charge in [0.05, 0.1) is 17.6 Å². The van der Waals surface area contributed by atoms with Crippen molar-refractivity contribution in [1.82, 2.24) is 4.90 Å². The van der Waals surface area contributed by atoms with Crippen molar-refractivity contribution in [3.05, 3.63) is 53.5 Å². The number of aromatic carboxylic acids is 1. The van der Waals surface area contributed by atoms with E-state index in [4.69, 9.17) is 4.42 Å². The van der Waals surface area contributed by atoms with Crippen molar-refractivity contribution in [2.75, 3.05) is 7.05 Å². The Morgan fingerprint density at radius 1 is 1.15 bits per heavy atom. The highest BCUT2D eigenvalue weighted by molar-refractivity contribution is 7.98. The van der Waals surface area contributed by atoms with Gasteiger partial charge in [0.2, 0.25) is 0 Å². The van der Waals surface area contributed by atoms with E-state index in [0.29, 0.717) is 23.1 Å². The molecule has 1 aromatic carbocycles. The number of carboxylic acids is 1. The van der Waals surface area contributed by atoms with Gasteiger partial charge in [0.15, 0.2) is 0 Å². The van der Waals surface area contributed by atoms with E-state index in [1.165, 1.54) is 43.4 Å². The van der Waals surface area contributed by atoms with Crippen LogP contribution in [0.3, 0.4) is 0 Å². The van der Waals surface area contributed by atoms with Gasteiger partial charge in [0.1, 0.15) is 11.3 Å². The van der Waals surface area contributed by atoms with E-state index in [1.807, 2.05) is 36.2 Å². The second kappa shape index (κ2) is 8.45. The topological polar surface area (TPSA) is 70.8 Å². The number of rotatable bonds is 6. The number of hydrogen-bond acceptors (Lipinski definition) is 4. The molecule has 1 amide bonds. The summed E-state index contributed by atoms with van der Waals surface area (Å²) >= 11 is 1.42. The Bertz CT molecular complexity index is 780. The maximum Gasteiger partial charge on any atom is 0.339 e. The van der Waals surface area contributed by atoms with E-state index in [1.54, 1.807) is 0 Å². The SMILES string of the molecule is CN(C(=O)c1ccccc1SCc1occc1C(=O)O)C1CCCCC1. The second-order valence-corrected chi connectivity index (χ2v) is 7.57. The third-order valence-electron chi connectivity index (χ3n) is 4.89. The first-order valence-corrected chi connectivity index (χ1v) is 9.85. The minimum absolute atomic E-state index is 0.0258. The molecule has 0 spiro atoms. The average Bonchev–Trinajstić information content (AvgIpc) is 3.15. The highest BCUT2D eigenvalue weighted by Crippen LogP contribution is 2.30. The molecule has 2 aromatic rings. The van der Waals surface area contributed by atoms with Gasteiger partial charge in [-0.3, -0.25) is 4.79 Å². The maximum absolute atomic E-state index is 13.0. The third-order valence-corrected chi connectivity index (χ3v) is 5.97. The maximum atomic E-state index is 13.0. The van der Waals surface area contributed by atoms with Crippen LogP contribution in [0.2, 0.25) is 0 Å². The molecule has 0 unspecified atom stereocenters. The minimum atomic E-state index is -1.00. The molecule has 138 valence electrons. The predicted molar refractivity (Wildman–Crippen MR) is 101 cm³/mol. The molecule has 5 nitrogen and oxygen atoms in total. The lowest BCUT2D eigenvalue weighted by molar-refractivity contribution is 0.0684. The lowest BCUT2D eigenvalue weighted by Crippen LogP contribution is -2.38. The molecule has 26 heavy (non-hydrogen) atoms. The Morgan fingerprint density at radius 3 is 2.62 bits per heavy atom. The van der Waals surface area contributed by atoms with Gasteiger partial charge >= 0.3 is 5.97 Å². The summed E-state index contributed by atoms with van der Waals surface area (Å²) in [5.41, 5.74) is 0.828. The van der Waals surface area contributed by atoms with Crippen molar-refractivity contribution in [1.29, 1.82) is 0 Å². The highest BCUT2D eigenvalue weighted by Gasteiger charge is 2.24. The van der Waals surface area contributed by atoms with E-state index < -0.39 is 5.97 Å². The van der Waals surface area contributed by atoms with Crippen molar-refractivity contribution in [3.8, 4) is 0 Å². The summed E-state index contributed by atoms with van der Waals surface area (Å²) in [6.45, 7) is 0. The van der Waals surface area contributed by atoms with E-state index in [0.717, 1.165) is 17.7 Å². The molecule has 1 N–H and O–H groups in total. The monoisotopic (exact) mass is 373 g/mol. The zero-order valence-electron chi connectivity index (χ0n) is 14.8. The first kappa shape index (κ1) is 18.6. The third kappa shape index (κ3) is 4.12. The quantitative estimate of drug-likeness (QED) is 0.745. The predicted octanol–water partition coefficient (Wildman–Crippen LogP) is 4.67. The fourth-order valence-corrected chi connectivity index (χ4v) is 4.38. The van der Waals surface area contributed by atoms with Crippen LogP contribution in [0.25, 0.3) is 0 Å². The van der Waals surface area contributed by atoms with Gasteiger partial charge in [-0.2, -0.15) is 0 Å². The summed E-state index contributed by atoms with van der Waals surface area (Å²) in [5.74, 6) is -0.203. The van der Waals surface area contributed by atoms with Crippen molar-refractivity contribution in [2.24, 2.45) is 0 Å². The second-order valence-electron chi connectivity index (χ2n) is 6.56. The van der Waals surface area contributed by atoms with Crippen LogP contribution in [0.5, 0.6) is 0 Å². The summed E-state index contributed by atoms with van der Waals surface area (Å²) in [4.78, 5) is 26.9. The summed E-state index contributed by atoms with van der Waals surface area (Å²) < 4.78 is 5.29. The average molecular weight is 373 g/mol. The van der Waals surface area contributed by atoms with E-state index in [2.05, 4.69) is 0 Å². The Labute approximate surface area is 157 Å².